The Morgan fingerprint density at radius 3 is 2.56 bits per heavy atom. The van der Waals surface area contributed by atoms with E-state index in [2.05, 4.69) is 26.0 Å². The van der Waals surface area contributed by atoms with E-state index >= 15 is 0 Å². The van der Waals surface area contributed by atoms with E-state index in [1.54, 1.807) is 0 Å². The van der Waals surface area contributed by atoms with Gasteiger partial charge in [-0.25, -0.2) is 0 Å². The Labute approximate surface area is 98.3 Å². The van der Waals surface area contributed by atoms with Crippen LogP contribution in [0, 0.1) is 0 Å². The lowest BCUT2D eigenvalue weighted by molar-refractivity contribution is -0.274. The second-order valence-electron chi connectivity index (χ2n) is 2.84. The molecule has 0 spiro atoms. The van der Waals surface area contributed by atoms with Crippen LogP contribution in [0.15, 0.2) is 22.7 Å². The van der Waals surface area contributed by atoms with Crippen LogP contribution in [0.25, 0.3) is 0 Å². The highest BCUT2D eigenvalue weighted by Gasteiger charge is 2.31. The van der Waals surface area contributed by atoms with Crippen molar-refractivity contribution in [3.8, 4) is 5.75 Å². The summed E-state index contributed by atoms with van der Waals surface area (Å²) in [7, 11) is 0. The Kier molecular flexibility index (Phi) is 4.43. The molecule has 7 heteroatoms. The fourth-order valence-corrected chi connectivity index (χ4v) is 1.48. The van der Waals surface area contributed by atoms with Crippen LogP contribution < -0.4 is 10.1 Å². The molecule has 3 nitrogen and oxygen atoms in total. The Hall–Kier alpha value is -0.950. The highest BCUT2D eigenvalue weighted by Crippen LogP contribution is 2.32. The van der Waals surface area contributed by atoms with Crippen LogP contribution in [0.3, 0.4) is 0 Å². The molecule has 0 aliphatic rings. The van der Waals surface area contributed by atoms with Gasteiger partial charge in [0.25, 0.3) is 0 Å². The molecule has 0 saturated heterocycles. The summed E-state index contributed by atoms with van der Waals surface area (Å²) in [6, 6.07) is 4.06. The second-order valence-corrected chi connectivity index (χ2v) is 3.70. The Morgan fingerprint density at radius 1 is 1.38 bits per heavy atom. The highest BCUT2D eigenvalue weighted by molar-refractivity contribution is 9.10. The first-order valence-corrected chi connectivity index (χ1v) is 5.11. The fourth-order valence-electron chi connectivity index (χ4n) is 1.02. The first kappa shape index (κ1) is 13.1. The molecule has 0 aromatic heterocycles. The molecule has 0 unspecified atom stereocenters. The van der Waals surface area contributed by atoms with E-state index in [1.807, 2.05) is 0 Å². The molecule has 0 bridgehead atoms. The Balaban J connectivity index is 2.75. The molecule has 2 N–H and O–H groups in total. The van der Waals surface area contributed by atoms with Crippen molar-refractivity contribution in [3.05, 3.63) is 22.7 Å². The van der Waals surface area contributed by atoms with Crippen molar-refractivity contribution in [2.45, 2.75) is 6.36 Å². The molecular formula is C9H9BrF3NO2. The molecule has 0 aliphatic heterocycles. The van der Waals surface area contributed by atoms with Crippen molar-refractivity contribution >= 4 is 21.6 Å². The summed E-state index contributed by atoms with van der Waals surface area (Å²) in [6.45, 7) is 0.268. The monoisotopic (exact) mass is 299 g/mol. The zero-order valence-electron chi connectivity index (χ0n) is 8.01. The fraction of sp³-hybridized carbons (Fsp3) is 0.333. The summed E-state index contributed by atoms with van der Waals surface area (Å²) in [5.41, 5.74) is 0.593. The summed E-state index contributed by atoms with van der Waals surface area (Å²) in [5, 5.41) is 11.4. The first-order chi connectivity index (χ1) is 7.42. The number of hydrogen-bond acceptors (Lipinski definition) is 3. The molecule has 1 aromatic rings. The smallest absolute Gasteiger partial charge is 0.405 e. The van der Waals surface area contributed by atoms with Crippen LogP contribution in [0.5, 0.6) is 5.75 Å². The van der Waals surface area contributed by atoms with Crippen molar-refractivity contribution in [1.82, 2.24) is 0 Å². The van der Waals surface area contributed by atoms with Crippen molar-refractivity contribution in [2.24, 2.45) is 0 Å². The standard InChI is InChI=1S/C9H9BrF3NO2/c10-7-5-6(14-3-4-15)1-2-8(7)16-9(11,12)13/h1-2,5,14-15H,3-4H2. The molecule has 90 valence electrons. The first-order valence-electron chi connectivity index (χ1n) is 4.32. The van der Waals surface area contributed by atoms with Gasteiger partial charge in [-0.1, -0.05) is 0 Å². The zero-order chi connectivity index (χ0) is 12.2. The lowest BCUT2D eigenvalue weighted by Crippen LogP contribution is -2.17. The third kappa shape index (κ3) is 4.28. The lowest BCUT2D eigenvalue weighted by atomic mass is 10.3. The van der Waals surface area contributed by atoms with Gasteiger partial charge in [0, 0.05) is 12.2 Å². The topological polar surface area (TPSA) is 41.5 Å². The number of halogens is 4. The molecule has 0 fully saturated rings. The van der Waals surface area contributed by atoms with E-state index in [9.17, 15) is 13.2 Å². The number of nitrogens with one attached hydrogen (secondary N) is 1. The third-order valence-corrected chi connectivity index (χ3v) is 2.22. The number of hydrogen-bond donors (Lipinski definition) is 2. The second kappa shape index (κ2) is 5.40. The summed E-state index contributed by atoms with van der Waals surface area (Å²) in [6.07, 6.45) is -4.71. The molecule has 0 radical (unpaired) electrons. The molecule has 0 atom stereocenters. The molecule has 0 saturated carbocycles. The molecule has 1 rings (SSSR count). The van der Waals surface area contributed by atoms with Crippen molar-refractivity contribution in [1.29, 1.82) is 0 Å². The molecule has 0 heterocycles. The molecular weight excluding hydrogens is 291 g/mol. The predicted octanol–water partition coefficient (Wildman–Crippen LogP) is 2.75. The molecule has 0 amide bonds. The Morgan fingerprint density at radius 2 is 2.06 bits per heavy atom. The van der Waals surface area contributed by atoms with Gasteiger partial charge in [0.2, 0.25) is 0 Å². The maximum atomic E-state index is 11.9. The third-order valence-electron chi connectivity index (χ3n) is 1.60. The molecule has 1 aromatic carbocycles. The van der Waals surface area contributed by atoms with E-state index in [0.29, 0.717) is 12.2 Å². The van der Waals surface area contributed by atoms with E-state index < -0.39 is 6.36 Å². The minimum atomic E-state index is -4.71. The van der Waals surface area contributed by atoms with Crippen LogP contribution in [0.4, 0.5) is 18.9 Å². The maximum absolute atomic E-state index is 11.9. The minimum absolute atomic E-state index is 0.0571. The van der Waals surface area contributed by atoms with Gasteiger partial charge in [-0.05, 0) is 34.1 Å². The van der Waals surface area contributed by atoms with E-state index in [1.165, 1.54) is 18.2 Å². The van der Waals surface area contributed by atoms with E-state index in [-0.39, 0.29) is 16.8 Å². The summed E-state index contributed by atoms with van der Waals surface area (Å²) < 4.78 is 39.8. The van der Waals surface area contributed by atoms with Crippen LogP contribution in [0.1, 0.15) is 0 Å². The zero-order valence-corrected chi connectivity index (χ0v) is 9.60. The number of alkyl halides is 3. The highest BCUT2D eigenvalue weighted by atomic mass is 79.9. The van der Waals surface area contributed by atoms with Crippen LogP contribution in [-0.4, -0.2) is 24.6 Å². The van der Waals surface area contributed by atoms with Gasteiger partial charge in [0.05, 0.1) is 11.1 Å². The Bertz CT molecular complexity index is 357. The largest absolute Gasteiger partial charge is 0.573 e. The van der Waals surface area contributed by atoms with Gasteiger partial charge in [-0.3, -0.25) is 0 Å². The minimum Gasteiger partial charge on any atom is -0.405 e. The number of aliphatic hydroxyl groups is 1. The average molecular weight is 300 g/mol. The summed E-state index contributed by atoms with van der Waals surface area (Å²) in [4.78, 5) is 0. The van der Waals surface area contributed by atoms with Crippen LogP contribution in [-0.2, 0) is 0 Å². The summed E-state index contributed by atoms with van der Waals surface area (Å²) in [5.74, 6) is -0.304. The van der Waals surface area contributed by atoms with E-state index in [0.717, 1.165) is 0 Å². The molecule has 0 aliphatic carbocycles. The predicted molar refractivity (Wildman–Crippen MR) is 56.4 cm³/mol. The van der Waals surface area contributed by atoms with Crippen molar-refractivity contribution in [3.63, 3.8) is 0 Å². The lowest BCUT2D eigenvalue weighted by Gasteiger charge is -2.12. The number of rotatable bonds is 4. The number of anilines is 1. The van der Waals surface area contributed by atoms with Gasteiger partial charge in [0.1, 0.15) is 5.75 Å². The molecule has 16 heavy (non-hydrogen) atoms. The van der Waals surface area contributed by atoms with E-state index in [4.69, 9.17) is 5.11 Å². The van der Waals surface area contributed by atoms with Gasteiger partial charge in [-0.15, -0.1) is 13.2 Å². The summed E-state index contributed by atoms with van der Waals surface area (Å²) >= 11 is 2.96. The quantitative estimate of drug-likeness (QED) is 0.898. The number of aliphatic hydroxyl groups excluding tert-OH is 1. The SMILES string of the molecule is OCCNc1ccc(OC(F)(F)F)c(Br)c1. The number of ether oxygens (including phenoxy) is 1. The van der Waals surface area contributed by atoms with Crippen LogP contribution in [0.2, 0.25) is 0 Å². The van der Waals surface area contributed by atoms with Gasteiger partial charge >= 0.3 is 6.36 Å². The van der Waals surface area contributed by atoms with Crippen molar-refractivity contribution in [2.75, 3.05) is 18.5 Å². The van der Waals surface area contributed by atoms with Gasteiger partial charge in [-0.2, -0.15) is 0 Å². The van der Waals surface area contributed by atoms with Crippen LogP contribution >= 0.6 is 15.9 Å². The van der Waals surface area contributed by atoms with Crippen molar-refractivity contribution < 1.29 is 23.0 Å². The normalized spacial score (nSPS) is 11.3. The average Bonchev–Trinajstić information content (AvgIpc) is 2.17. The van der Waals surface area contributed by atoms with Gasteiger partial charge < -0.3 is 15.2 Å². The number of benzene rings is 1. The maximum Gasteiger partial charge on any atom is 0.573 e. The van der Waals surface area contributed by atoms with Gasteiger partial charge in [0.15, 0.2) is 0 Å².